The second-order valence-electron chi connectivity index (χ2n) is 4.26. The van der Waals surface area contributed by atoms with Gasteiger partial charge in [0.25, 0.3) is 0 Å². The zero-order valence-electron chi connectivity index (χ0n) is 10.7. The second kappa shape index (κ2) is 6.00. The molecule has 0 saturated heterocycles. The molecule has 1 N–H and O–H groups in total. The maximum absolute atomic E-state index is 4.44. The molecule has 2 rings (SSSR count). The summed E-state index contributed by atoms with van der Waals surface area (Å²) in [7, 11) is 0. The Morgan fingerprint density at radius 1 is 1.39 bits per heavy atom. The highest BCUT2D eigenvalue weighted by Gasteiger charge is 2.01. The standard InChI is InChI=1S/C13H17BrN4/c1-10-9-11(2)18(17-10)8-4-7-16-13-12(14)5-3-6-15-13/h3,5-6,9H,4,7-8H2,1-2H3,(H,15,16). The van der Waals surface area contributed by atoms with Crippen LogP contribution in [0.15, 0.2) is 28.9 Å². The summed E-state index contributed by atoms with van der Waals surface area (Å²) >= 11 is 3.47. The second-order valence-corrected chi connectivity index (χ2v) is 5.12. The summed E-state index contributed by atoms with van der Waals surface area (Å²) in [4.78, 5) is 4.26. The number of hydrogen-bond donors (Lipinski definition) is 1. The normalized spacial score (nSPS) is 10.6. The molecule has 0 saturated carbocycles. The van der Waals surface area contributed by atoms with Crippen LogP contribution in [0.4, 0.5) is 5.82 Å². The molecule has 0 aliphatic carbocycles. The first-order valence-corrected chi connectivity index (χ1v) is 6.81. The van der Waals surface area contributed by atoms with Gasteiger partial charge >= 0.3 is 0 Å². The fourth-order valence-corrected chi connectivity index (χ4v) is 2.25. The van der Waals surface area contributed by atoms with Gasteiger partial charge in [0.1, 0.15) is 5.82 Å². The van der Waals surface area contributed by atoms with Crippen molar-refractivity contribution in [2.75, 3.05) is 11.9 Å². The van der Waals surface area contributed by atoms with Gasteiger partial charge in [-0.25, -0.2) is 4.98 Å². The Kier molecular flexibility index (Phi) is 4.36. The number of rotatable bonds is 5. The van der Waals surface area contributed by atoms with Gasteiger partial charge in [-0.05, 0) is 54.4 Å². The van der Waals surface area contributed by atoms with Gasteiger partial charge in [-0.2, -0.15) is 5.10 Å². The van der Waals surface area contributed by atoms with Crippen LogP contribution in [0.3, 0.4) is 0 Å². The quantitative estimate of drug-likeness (QED) is 0.863. The average Bonchev–Trinajstić information content (AvgIpc) is 2.65. The molecule has 0 atom stereocenters. The summed E-state index contributed by atoms with van der Waals surface area (Å²) in [6.45, 7) is 5.92. The smallest absolute Gasteiger partial charge is 0.140 e. The van der Waals surface area contributed by atoms with Crippen LogP contribution in [-0.2, 0) is 6.54 Å². The van der Waals surface area contributed by atoms with Gasteiger partial charge in [0.2, 0.25) is 0 Å². The number of hydrogen-bond acceptors (Lipinski definition) is 3. The van der Waals surface area contributed by atoms with Crippen molar-refractivity contribution in [3.8, 4) is 0 Å². The third-order valence-electron chi connectivity index (χ3n) is 2.70. The third-order valence-corrected chi connectivity index (χ3v) is 3.34. The number of aryl methyl sites for hydroxylation is 3. The zero-order valence-corrected chi connectivity index (χ0v) is 12.2. The molecular weight excluding hydrogens is 292 g/mol. The predicted molar refractivity (Wildman–Crippen MR) is 76.7 cm³/mol. The van der Waals surface area contributed by atoms with Crippen molar-refractivity contribution in [3.05, 3.63) is 40.3 Å². The van der Waals surface area contributed by atoms with Crippen LogP contribution in [0.1, 0.15) is 17.8 Å². The number of anilines is 1. The first-order chi connectivity index (χ1) is 8.66. The van der Waals surface area contributed by atoms with Crippen molar-refractivity contribution in [2.24, 2.45) is 0 Å². The van der Waals surface area contributed by atoms with Crippen LogP contribution < -0.4 is 5.32 Å². The topological polar surface area (TPSA) is 42.7 Å². The lowest BCUT2D eigenvalue weighted by Crippen LogP contribution is -2.09. The van der Waals surface area contributed by atoms with E-state index in [1.165, 1.54) is 5.69 Å². The van der Waals surface area contributed by atoms with Crippen molar-refractivity contribution < 1.29 is 0 Å². The molecule has 0 bridgehead atoms. The highest BCUT2D eigenvalue weighted by Crippen LogP contribution is 2.17. The summed E-state index contributed by atoms with van der Waals surface area (Å²) < 4.78 is 3.04. The highest BCUT2D eigenvalue weighted by atomic mass is 79.9. The Labute approximate surface area is 116 Å². The molecule has 0 aromatic carbocycles. The summed E-state index contributed by atoms with van der Waals surface area (Å²) in [5.74, 6) is 0.894. The number of aromatic nitrogens is 3. The van der Waals surface area contributed by atoms with E-state index in [0.717, 1.165) is 35.5 Å². The van der Waals surface area contributed by atoms with Gasteiger partial charge in [0, 0.05) is 25.0 Å². The Bertz CT molecular complexity index is 521. The molecule has 5 heteroatoms. The summed E-state index contributed by atoms with van der Waals surface area (Å²) in [5.41, 5.74) is 2.29. The maximum Gasteiger partial charge on any atom is 0.140 e. The fourth-order valence-electron chi connectivity index (χ4n) is 1.85. The van der Waals surface area contributed by atoms with Gasteiger partial charge in [-0.15, -0.1) is 0 Å². The SMILES string of the molecule is Cc1cc(C)n(CCCNc2ncccc2Br)n1. The minimum Gasteiger partial charge on any atom is -0.369 e. The van der Waals surface area contributed by atoms with Gasteiger partial charge in [0.05, 0.1) is 10.2 Å². The van der Waals surface area contributed by atoms with Crippen LogP contribution >= 0.6 is 15.9 Å². The van der Waals surface area contributed by atoms with Crippen molar-refractivity contribution in [1.82, 2.24) is 14.8 Å². The van der Waals surface area contributed by atoms with Crippen LogP contribution in [-0.4, -0.2) is 21.3 Å². The molecule has 18 heavy (non-hydrogen) atoms. The van der Waals surface area contributed by atoms with E-state index in [1.807, 2.05) is 23.7 Å². The van der Waals surface area contributed by atoms with Crippen molar-refractivity contribution in [3.63, 3.8) is 0 Å². The van der Waals surface area contributed by atoms with Crippen LogP contribution in [0.25, 0.3) is 0 Å². The van der Waals surface area contributed by atoms with E-state index in [1.54, 1.807) is 6.20 Å². The van der Waals surface area contributed by atoms with Crippen LogP contribution in [0, 0.1) is 13.8 Å². The van der Waals surface area contributed by atoms with Gasteiger partial charge in [-0.3, -0.25) is 4.68 Å². The molecule has 0 amide bonds. The van der Waals surface area contributed by atoms with E-state index in [9.17, 15) is 0 Å². The number of nitrogens with one attached hydrogen (secondary N) is 1. The summed E-state index contributed by atoms with van der Waals surface area (Å²) in [6.07, 6.45) is 2.80. The molecule has 2 aromatic heterocycles. The molecule has 0 radical (unpaired) electrons. The lowest BCUT2D eigenvalue weighted by Gasteiger charge is -2.08. The number of nitrogens with zero attached hydrogens (tertiary/aromatic N) is 3. The van der Waals surface area contributed by atoms with E-state index in [4.69, 9.17) is 0 Å². The van der Waals surface area contributed by atoms with Gasteiger partial charge in [0.15, 0.2) is 0 Å². The van der Waals surface area contributed by atoms with E-state index in [2.05, 4.69) is 44.3 Å². The molecule has 96 valence electrons. The van der Waals surface area contributed by atoms with Gasteiger partial charge < -0.3 is 5.32 Å². The molecule has 4 nitrogen and oxygen atoms in total. The minimum absolute atomic E-state index is 0.883. The monoisotopic (exact) mass is 308 g/mol. The van der Waals surface area contributed by atoms with Gasteiger partial charge in [-0.1, -0.05) is 0 Å². The lowest BCUT2D eigenvalue weighted by molar-refractivity contribution is 0.573. The fraction of sp³-hybridized carbons (Fsp3) is 0.385. The lowest BCUT2D eigenvalue weighted by atomic mass is 10.3. The minimum atomic E-state index is 0.883. The van der Waals surface area contributed by atoms with E-state index in [-0.39, 0.29) is 0 Å². The highest BCUT2D eigenvalue weighted by molar-refractivity contribution is 9.10. The first kappa shape index (κ1) is 13.1. The molecule has 0 spiro atoms. The largest absolute Gasteiger partial charge is 0.369 e. The van der Waals surface area contributed by atoms with Crippen molar-refractivity contribution >= 4 is 21.7 Å². The molecule has 0 unspecified atom stereocenters. The molecule has 0 fully saturated rings. The molecular formula is C13H17BrN4. The first-order valence-electron chi connectivity index (χ1n) is 6.02. The molecule has 0 aliphatic rings. The summed E-state index contributed by atoms with van der Waals surface area (Å²) in [5, 5.41) is 7.75. The van der Waals surface area contributed by atoms with E-state index in [0.29, 0.717) is 0 Å². The van der Waals surface area contributed by atoms with Crippen molar-refractivity contribution in [1.29, 1.82) is 0 Å². The Balaban J connectivity index is 1.80. The zero-order chi connectivity index (χ0) is 13.0. The van der Waals surface area contributed by atoms with Crippen LogP contribution in [0.2, 0.25) is 0 Å². The Morgan fingerprint density at radius 3 is 2.89 bits per heavy atom. The molecule has 2 heterocycles. The average molecular weight is 309 g/mol. The molecule has 0 aliphatic heterocycles. The van der Waals surface area contributed by atoms with Crippen molar-refractivity contribution in [2.45, 2.75) is 26.8 Å². The third kappa shape index (κ3) is 3.32. The Morgan fingerprint density at radius 2 is 2.22 bits per heavy atom. The van der Waals surface area contributed by atoms with Crippen LogP contribution in [0.5, 0.6) is 0 Å². The summed E-state index contributed by atoms with van der Waals surface area (Å²) in [6, 6.07) is 5.99. The Hall–Kier alpha value is -1.36. The van der Waals surface area contributed by atoms with E-state index >= 15 is 0 Å². The molecule has 2 aromatic rings. The maximum atomic E-state index is 4.44. The predicted octanol–water partition coefficient (Wildman–Crippen LogP) is 3.16. The number of halogens is 1. The number of pyridine rings is 1. The van der Waals surface area contributed by atoms with E-state index < -0.39 is 0 Å².